The van der Waals surface area contributed by atoms with Crippen LogP contribution in [0.4, 0.5) is 4.79 Å². The smallest absolute Gasteiger partial charge is 0.342 e. The van der Waals surface area contributed by atoms with Crippen molar-refractivity contribution in [3.8, 4) is 0 Å². The van der Waals surface area contributed by atoms with E-state index in [0.29, 0.717) is 0 Å². The molecule has 0 aromatic heterocycles. The molecule has 88 valence electrons. The first-order chi connectivity index (χ1) is 7.49. The van der Waals surface area contributed by atoms with E-state index in [1.54, 1.807) is 5.48 Å². The molecule has 3 N–H and O–H groups in total. The van der Waals surface area contributed by atoms with Crippen LogP contribution in [0.5, 0.6) is 0 Å². The van der Waals surface area contributed by atoms with E-state index in [2.05, 4.69) is 4.84 Å². The lowest BCUT2D eigenvalue weighted by Gasteiger charge is -2.24. The first kappa shape index (κ1) is 11.9. The number of hydrogen-bond donors (Lipinski definition) is 3. The Morgan fingerprint density at radius 3 is 2.44 bits per heavy atom. The molecule has 0 aromatic carbocycles. The van der Waals surface area contributed by atoms with Crippen molar-refractivity contribution < 1.29 is 29.1 Å². The highest BCUT2D eigenvalue weighted by atomic mass is 16.7. The largest absolute Gasteiger partial charge is 0.479 e. The van der Waals surface area contributed by atoms with Crippen LogP contribution in [0.25, 0.3) is 0 Å². The van der Waals surface area contributed by atoms with Gasteiger partial charge in [-0.05, 0) is 0 Å². The SMILES string of the molecule is O=C(O)CONC(=O)N1CC(=O)NC(=O)C1. The average Bonchev–Trinajstić information content (AvgIpc) is 2.15. The van der Waals surface area contributed by atoms with E-state index >= 15 is 0 Å². The molecule has 4 amide bonds. The minimum atomic E-state index is -1.26. The molecule has 1 saturated heterocycles. The zero-order valence-electron chi connectivity index (χ0n) is 8.06. The van der Waals surface area contributed by atoms with Crippen LogP contribution in [-0.4, -0.2) is 53.5 Å². The van der Waals surface area contributed by atoms with Crippen LogP contribution in [0.2, 0.25) is 0 Å². The third kappa shape index (κ3) is 3.53. The molecule has 1 heterocycles. The van der Waals surface area contributed by atoms with E-state index in [1.165, 1.54) is 0 Å². The van der Waals surface area contributed by atoms with Gasteiger partial charge in [0.15, 0.2) is 6.61 Å². The number of hydroxylamine groups is 1. The zero-order valence-corrected chi connectivity index (χ0v) is 8.06. The van der Waals surface area contributed by atoms with Gasteiger partial charge in [0.05, 0.1) is 0 Å². The summed E-state index contributed by atoms with van der Waals surface area (Å²) in [4.78, 5) is 48.2. The Bertz CT molecular complexity index is 325. The molecule has 0 bridgehead atoms. The van der Waals surface area contributed by atoms with Crippen LogP contribution in [0.15, 0.2) is 0 Å². The van der Waals surface area contributed by atoms with E-state index < -0.39 is 30.4 Å². The number of nitrogens with zero attached hydrogens (tertiary/aromatic N) is 1. The van der Waals surface area contributed by atoms with Gasteiger partial charge in [-0.3, -0.25) is 19.7 Å². The molecule has 1 aliphatic heterocycles. The second kappa shape index (κ2) is 5.07. The van der Waals surface area contributed by atoms with Crippen molar-refractivity contribution in [2.45, 2.75) is 0 Å². The molecule has 1 rings (SSSR count). The van der Waals surface area contributed by atoms with E-state index in [9.17, 15) is 19.2 Å². The highest BCUT2D eigenvalue weighted by Gasteiger charge is 2.26. The molecule has 9 heteroatoms. The van der Waals surface area contributed by atoms with Crippen molar-refractivity contribution in [2.75, 3.05) is 19.7 Å². The summed E-state index contributed by atoms with van der Waals surface area (Å²) in [5, 5.41) is 10.2. The maximum Gasteiger partial charge on any atom is 0.342 e. The quantitative estimate of drug-likeness (QED) is 0.369. The van der Waals surface area contributed by atoms with Crippen LogP contribution in [-0.2, 0) is 19.2 Å². The number of nitrogens with one attached hydrogen (secondary N) is 2. The highest BCUT2D eigenvalue weighted by Crippen LogP contribution is 1.95. The Morgan fingerprint density at radius 1 is 1.38 bits per heavy atom. The number of urea groups is 1. The zero-order chi connectivity index (χ0) is 12.1. The van der Waals surface area contributed by atoms with Gasteiger partial charge in [0.1, 0.15) is 13.1 Å². The molecule has 16 heavy (non-hydrogen) atoms. The Hall–Kier alpha value is -2.16. The monoisotopic (exact) mass is 231 g/mol. The van der Waals surface area contributed by atoms with Crippen molar-refractivity contribution >= 4 is 23.8 Å². The van der Waals surface area contributed by atoms with E-state index in [1.807, 2.05) is 5.32 Å². The number of hydrogen-bond acceptors (Lipinski definition) is 5. The molecule has 1 fully saturated rings. The lowest BCUT2D eigenvalue weighted by atomic mass is 10.3. The predicted molar refractivity (Wildman–Crippen MR) is 46.8 cm³/mol. The summed E-state index contributed by atoms with van der Waals surface area (Å²) in [6.45, 7) is -1.28. The first-order valence-corrected chi connectivity index (χ1v) is 4.20. The fourth-order valence-electron chi connectivity index (χ4n) is 1.00. The Balaban J connectivity index is 2.38. The normalized spacial score (nSPS) is 15.6. The Kier molecular flexibility index (Phi) is 3.78. The summed E-state index contributed by atoms with van der Waals surface area (Å²) in [6, 6.07) is -0.843. The number of amides is 4. The Labute approximate surface area is 89.3 Å². The fourth-order valence-corrected chi connectivity index (χ4v) is 1.00. The van der Waals surface area contributed by atoms with Gasteiger partial charge in [0.2, 0.25) is 11.8 Å². The number of piperazine rings is 1. The van der Waals surface area contributed by atoms with Gasteiger partial charge in [0.25, 0.3) is 0 Å². The van der Waals surface area contributed by atoms with Gasteiger partial charge in [-0.2, -0.15) is 0 Å². The minimum absolute atomic E-state index is 0.284. The second-order valence-electron chi connectivity index (χ2n) is 2.92. The Morgan fingerprint density at radius 2 is 1.94 bits per heavy atom. The van der Waals surface area contributed by atoms with Gasteiger partial charge >= 0.3 is 12.0 Å². The van der Waals surface area contributed by atoms with E-state index in [-0.39, 0.29) is 13.1 Å². The third-order valence-electron chi connectivity index (χ3n) is 1.59. The number of carbonyl (C=O) groups excluding carboxylic acids is 3. The summed E-state index contributed by atoms with van der Waals surface area (Å²) < 4.78 is 0. The number of carboxylic acids is 1. The van der Waals surface area contributed by atoms with Crippen molar-refractivity contribution in [3.05, 3.63) is 0 Å². The summed E-state index contributed by atoms with van der Waals surface area (Å²) >= 11 is 0. The van der Waals surface area contributed by atoms with Gasteiger partial charge in [-0.25, -0.2) is 15.1 Å². The standard InChI is InChI=1S/C7H9N3O6/c11-4-1-10(2-5(12)8-4)7(15)9-16-3-6(13)14/h1-3H2,(H,9,15)(H,13,14)(H,8,11,12). The van der Waals surface area contributed by atoms with Crippen molar-refractivity contribution in [2.24, 2.45) is 0 Å². The minimum Gasteiger partial charge on any atom is -0.479 e. The van der Waals surface area contributed by atoms with Crippen LogP contribution in [0, 0.1) is 0 Å². The number of aliphatic carboxylic acids is 1. The van der Waals surface area contributed by atoms with Crippen LogP contribution >= 0.6 is 0 Å². The van der Waals surface area contributed by atoms with E-state index in [0.717, 1.165) is 4.90 Å². The summed E-state index contributed by atoms with van der Waals surface area (Å²) in [5.41, 5.74) is 1.80. The second-order valence-corrected chi connectivity index (χ2v) is 2.92. The molecule has 9 nitrogen and oxygen atoms in total. The van der Waals surface area contributed by atoms with Crippen LogP contribution < -0.4 is 10.8 Å². The molecular weight excluding hydrogens is 222 g/mol. The number of rotatable bonds is 3. The van der Waals surface area contributed by atoms with Gasteiger partial charge < -0.3 is 10.0 Å². The van der Waals surface area contributed by atoms with Crippen LogP contribution in [0.1, 0.15) is 0 Å². The number of carbonyl (C=O) groups is 4. The van der Waals surface area contributed by atoms with Crippen LogP contribution in [0.3, 0.4) is 0 Å². The topological polar surface area (TPSA) is 125 Å². The first-order valence-electron chi connectivity index (χ1n) is 4.20. The van der Waals surface area contributed by atoms with Gasteiger partial charge in [-0.15, -0.1) is 0 Å². The molecule has 0 aromatic rings. The third-order valence-corrected chi connectivity index (χ3v) is 1.59. The lowest BCUT2D eigenvalue weighted by molar-refractivity contribution is -0.145. The van der Waals surface area contributed by atoms with Gasteiger partial charge in [-0.1, -0.05) is 0 Å². The summed E-state index contributed by atoms with van der Waals surface area (Å²) in [5.74, 6) is -2.47. The summed E-state index contributed by atoms with van der Waals surface area (Å²) in [7, 11) is 0. The molecular formula is C7H9N3O6. The number of carboxylic acid groups (broad SMARTS) is 1. The number of imide groups is 1. The fraction of sp³-hybridized carbons (Fsp3) is 0.429. The van der Waals surface area contributed by atoms with Crippen molar-refractivity contribution in [1.29, 1.82) is 0 Å². The summed E-state index contributed by atoms with van der Waals surface area (Å²) in [6.07, 6.45) is 0. The van der Waals surface area contributed by atoms with Crippen molar-refractivity contribution in [3.63, 3.8) is 0 Å². The predicted octanol–water partition coefficient (Wildman–Crippen LogP) is -2.33. The highest BCUT2D eigenvalue weighted by molar-refractivity contribution is 6.02. The van der Waals surface area contributed by atoms with Crippen molar-refractivity contribution in [1.82, 2.24) is 15.7 Å². The molecule has 0 aliphatic carbocycles. The molecule has 0 atom stereocenters. The van der Waals surface area contributed by atoms with Gasteiger partial charge in [0, 0.05) is 0 Å². The maximum atomic E-state index is 11.2. The molecule has 0 saturated carbocycles. The molecule has 1 aliphatic rings. The lowest BCUT2D eigenvalue weighted by Crippen LogP contribution is -2.55. The molecule has 0 radical (unpaired) electrons. The maximum absolute atomic E-state index is 11.2. The molecule has 0 unspecified atom stereocenters. The molecule has 0 spiro atoms. The van der Waals surface area contributed by atoms with E-state index in [4.69, 9.17) is 5.11 Å². The average molecular weight is 231 g/mol.